The lowest BCUT2D eigenvalue weighted by molar-refractivity contribution is 0.249. The maximum absolute atomic E-state index is 10.1. The third-order valence-corrected chi connectivity index (χ3v) is 1.14. The zero-order valence-corrected chi connectivity index (χ0v) is 6.81. The molecule has 2 amide bonds. The van der Waals surface area contributed by atoms with Gasteiger partial charge in [0, 0.05) is 6.21 Å². The summed E-state index contributed by atoms with van der Waals surface area (Å²) in [4.78, 5) is 10.1. The van der Waals surface area contributed by atoms with Crippen LogP contribution in [-0.4, -0.2) is 12.2 Å². The van der Waals surface area contributed by atoms with Crippen LogP contribution in [0.15, 0.2) is 34.0 Å². The van der Waals surface area contributed by atoms with Gasteiger partial charge in [-0.2, -0.15) is 5.10 Å². The van der Waals surface area contributed by atoms with E-state index in [1.807, 2.05) is 0 Å². The van der Waals surface area contributed by atoms with Gasteiger partial charge >= 0.3 is 6.03 Å². The van der Waals surface area contributed by atoms with Gasteiger partial charge in [0.15, 0.2) is 0 Å². The third-order valence-electron chi connectivity index (χ3n) is 1.14. The van der Waals surface area contributed by atoms with Gasteiger partial charge in [-0.3, -0.25) is 0 Å². The molecule has 1 aromatic heterocycles. The van der Waals surface area contributed by atoms with Crippen LogP contribution in [0.25, 0.3) is 6.08 Å². The number of amides is 2. The summed E-state index contributed by atoms with van der Waals surface area (Å²) in [7, 11) is 0. The Hall–Kier alpha value is -2.04. The van der Waals surface area contributed by atoms with E-state index in [2.05, 4.69) is 10.5 Å². The monoisotopic (exact) mass is 179 g/mol. The van der Waals surface area contributed by atoms with Crippen molar-refractivity contribution >= 4 is 18.3 Å². The fraction of sp³-hybridized carbons (Fsp3) is 0. The Morgan fingerprint density at radius 1 is 1.69 bits per heavy atom. The number of furan rings is 1. The van der Waals surface area contributed by atoms with Crippen LogP contribution in [0.2, 0.25) is 0 Å². The highest BCUT2D eigenvalue weighted by atomic mass is 16.3. The van der Waals surface area contributed by atoms with E-state index in [1.54, 1.807) is 30.5 Å². The van der Waals surface area contributed by atoms with Crippen molar-refractivity contribution in [1.82, 2.24) is 5.43 Å². The molecule has 0 atom stereocenters. The summed E-state index contributed by atoms with van der Waals surface area (Å²) in [5.74, 6) is 0.713. The molecule has 0 aliphatic carbocycles. The highest BCUT2D eigenvalue weighted by Crippen LogP contribution is 2.00. The van der Waals surface area contributed by atoms with E-state index in [4.69, 9.17) is 10.2 Å². The first-order chi connectivity index (χ1) is 6.29. The number of nitrogens with zero attached hydrogens (tertiary/aromatic N) is 1. The molecule has 0 radical (unpaired) electrons. The Balaban J connectivity index is 2.34. The number of rotatable bonds is 3. The molecule has 1 aromatic rings. The number of carbonyl (C=O) groups is 1. The maximum atomic E-state index is 10.1. The molecule has 0 fully saturated rings. The number of urea groups is 1. The molecule has 68 valence electrons. The lowest BCUT2D eigenvalue weighted by Crippen LogP contribution is -2.24. The molecule has 0 saturated heterocycles. The predicted octanol–water partition coefficient (Wildman–Crippen LogP) is 0.947. The van der Waals surface area contributed by atoms with Crippen molar-refractivity contribution in [2.45, 2.75) is 0 Å². The molecule has 0 saturated carbocycles. The molecule has 13 heavy (non-hydrogen) atoms. The predicted molar refractivity (Wildman–Crippen MR) is 49.0 cm³/mol. The Morgan fingerprint density at radius 2 is 2.54 bits per heavy atom. The molecular formula is C8H9N3O2. The lowest BCUT2D eigenvalue weighted by Gasteiger charge is -1.86. The highest BCUT2D eigenvalue weighted by Gasteiger charge is 1.84. The highest BCUT2D eigenvalue weighted by molar-refractivity contribution is 5.79. The minimum atomic E-state index is -0.692. The number of nitrogens with one attached hydrogen (secondary N) is 1. The van der Waals surface area contributed by atoms with E-state index in [1.165, 1.54) is 6.21 Å². The van der Waals surface area contributed by atoms with Crippen LogP contribution in [0.3, 0.4) is 0 Å². The summed E-state index contributed by atoms with van der Waals surface area (Å²) < 4.78 is 5.00. The first-order valence-corrected chi connectivity index (χ1v) is 3.58. The minimum Gasteiger partial charge on any atom is -0.465 e. The quantitative estimate of drug-likeness (QED) is 0.535. The van der Waals surface area contributed by atoms with Crippen molar-refractivity contribution in [2.75, 3.05) is 0 Å². The van der Waals surface area contributed by atoms with Gasteiger partial charge in [0.25, 0.3) is 0 Å². The first kappa shape index (κ1) is 9.05. The molecule has 1 heterocycles. The summed E-state index contributed by atoms with van der Waals surface area (Å²) in [5.41, 5.74) is 6.81. The van der Waals surface area contributed by atoms with Crippen LogP contribution < -0.4 is 11.2 Å². The SMILES string of the molecule is NC(=O)NN=CC=Cc1ccco1. The van der Waals surface area contributed by atoms with Gasteiger partial charge in [-0.05, 0) is 24.3 Å². The Bertz CT molecular complexity index is 314. The number of primary amides is 1. The Morgan fingerprint density at radius 3 is 3.15 bits per heavy atom. The Kier molecular flexibility index (Phi) is 3.31. The number of hydrogen-bond acceptors (Lipinski definition) is 3. The topological polar surface area (TPSA) is 80.6 Å². The standard InChI is InChI=1S/C8H9N3O2/c9-8(12)11-10-5-1-3-7-4-2-6-13-7/h1-6H,(H3,9,11,12). The average molecular weight is 179 g/mol. The van der Waals surface area contributed by atoms with Crippen LogP contribution in [0.4, 0.5) is 4.79 Å². The van der Waals surface area contributed by atoms with Crippen molar-refractivity contribution < 1.29 is 9.21 Å². The summed E-state index contributed by atoms with van der Waals surface area (Å²) in [6.45, 7) is 0. The second-order valence-corrected chi connectivity index (χ2v) is 2.13. The molecule has 1 rings (SSSR count). The number of hydrazone groups is 1. The molecule has 0 bridgehead atoms. The molecule has 0 aliphatic heterocycles. The van der Waals surface area contributed by atoms with Gasteiger partial charge < -0.3 is 10.2 Å². The van der Waals surface area contributed by atoms with Gasteiger partial charge in [0.1, 0.15) is 5.76 Å². The summed E-state index contributed by atoms with van der Waals surface area (Å²) in [6.07, 6.45) is 6.28. The van der Waals surface area contributed by atoms with E-state index in [0.29, 0.717) is 5.76 Å². The Labute approximate surface area is 74.9 Å². The molecular weight excluding hydrogens is 170 g/mol. The molecule has 0 spiro atoms. The average Bonchev–Trinajstić information content (AvgIpc) is 2.55. The lowest BCUT2D eigenvalue weighted by atomic mass is 10.4. The summed E-state index contributed by atoms with van der Waals surface area (Å²) in [6, 6.07) is 2.88. The molecule has 5 heteroatoms. The van der Waals surface area contributed by atoms with E-state index < -0.39 is 6.03 Å². The van der Waals surface area contributed by atoms with Crippen LogP contribution in [-0.2, 0) is 0 Å². The van der Waals surface area contributed by atoms with Crippen LogP contribution in [0, 0.1) is 0 Å². The smallest absolute Gasteiger partial charge is 0.332 e. The molecule has 0 unspecified atom stereocenters. The molecule has 5 nitrogen and oxygen atoms in total. The number of nitrogens with two attached hydrogens (primary N) is 1. The van der Waals surface area contributed by atoms with Crippen LogP contribution in [0.1, 0.15) is 5.76 Å². The second kappa shape index (κ2) is 4.76. The number of carbonyl (C=O) groups excluding carboxylic acids is 1. The molecule has 0 aromatic carbocycles. The molecule has 3 N–H and O–H groups in total. The zero-order chi connectivity index (χ0) is 9.52. The van der Waals surface area contributed by atoms with Crippen molar-refractivity contribution in [3.63, 3.8) is 0 Å². The fourth-order valence-electron chi connectivity index (χ4n) is 0.668. The minimum absolute atomic E-state index is 0.692. The summed E-state index contributed by atoms with van der Waals surface area (Å²) in [5, 5.41) is 3.49. The van der Waals surface area contributed by atoms with Gasteiger partial charge in [-0.1, -0.05) is 0 Å². The van der Waals surface area contributed by atoms with E-state index in [-0.39, 0.29) is 0 Å². The van der Waals surface area contributed by atoms with E-state index in [9.17, 15) is 4.79 Å². The van der Waals surface area contributed by atoms with Gasteiger partial charge in [0.05, 0.1) is 6.26 Å². The van der Waals surface area contributed by atoms with Crippen molar-refractivity contribution in [2.24, 2.45) is 10.8 Å². The van der Waals surface area contributed by atoms with E-state index >= 15 is 0 Å². The van der Waals surface area contributed by atoms with Gasteiger partial charge in [-0.25, -0.2) is 10.2 Å². The van der Waals surface area contributed by atoms with Crippen molar-refractivity contribution in [1.29, 1.82) is 0 Å². The second-order valence-electron chi connectivity index (χ2n) is 2.13. The normalized spacial score (nSPS) is 11.1. The third kappa shape index (κ3) is 3.76. The first-order valence-electron chi connectivity index (χ1n) is 3.58. The van der Waals surface area contributed by atoms with Crippen LogP contribution in [0.5, 0.6) is 0 Å². The zero-order valence-electron chi connectivity index (χ0n) is 6.81. The number of hydrogen-bond donors (Lipinski definition) is 2. The maximum Gasteiger partial charge on any atom is 0.332 e. The largest absolute Gasteiger partial charge is 0.465 e. The van der Waals surface area contributed by atoms with Gasteiger partial charge in [-0.15, -0.1) is 0 Å². The summed E-state index contributed by atoms with van der Waals surface area (Å²) >= 11 is 0. The fourth-order valence-corrected chi connectivity index (χ4v) is 0.668. The van der Waals surface area contributed by atoms with Crippen LogP contribution >= 0.6 is 0 Å². The molecule has 0 aliphatic rings. The van der Waals surface area contributed by atoms with Crippen molar-refractivity contribution in [3.05, 3.63) is 30.2 Å². The van der Waals surface area contributed by atoms with E-state index in [0.717, 1.165) is 0 Å². The number of allylic oxidation sites excluding steroid dienone is 1. The van der Waals surface area contributed by atoms with Crippen molar-refractivity contribution in [3.8, 4) is 0 Å². The van der Waals surface area contributed by atoms with Gasteiger partial charge in [0.2, 0.25) is 0 Å².